The molecule has 0 unspecified atom stereocenters. The third kappa shape index (κ3) is 3.10. The van der Waals surface area contributed by atoms with Gasteiger partial charge in [0.05, 0.1) is 34.1 Å². The predicted octanol–water partition coefficient (Wildman–Crippen LogP) is 8.34. The summed E-state index contributed by atoms with van der Waals surface area (Å²) in [5, 5.41) is 15.0. The van der Waals surface area contributed by atoms with Crippen molar-refractivity contribution in [3.8, 4) is 22.6 Å². The molecule has 0 aliphatic heterocycles. The first-order valence-electron chi connectivity index (χ1n) is 12.8. The molecule has 0 aliphatic rings. The van der Waals surface area contributed by atoms with Crippen LogP contribution >= 0.6 is 0 Å². The summed E-state index contributed by atoms with van der Waals surface area (Å²) in [5.41, 5.74) is 7.58. The van der Waals surface area contributed by atoms with Crippen LogP contribution in [0.25, 0.3) is 66.1 Å². The van der Waals surface area contributed by atoms with E-state index in [1.54, 1.807) is 0 Å². The molecule has 5 aromatic carbocycles. The summed E-state index contributed by atoms with van der Waals surface area (Å²) in [6.45, 7) is 0. The first-order valence-corrected chi connectivity index (χ1v) is 12.8. The molecule has 8 rings (SSSR count). The van der Waals surface area contributed by atoms with Crippen LogP contribution in [0.3, 0.4) is 0 Å². The van der Waals surface area contributed by atoms with Gasteiger partial charge in [0.2, 0.25) is 0 Å². The Kier molecular flexibility index (Phi) is 4.49. The Morgan fingerprint density at radius 3 is 2.13 bits per heavy atom. The lowest BCUT2D eigenvalue weighted by Crippen LogP contribution is -1.97. The number of hydrogen-bond acceptors (Lipinski definition) is 2. The summed E-state index contributed by atoms with van der Waals surface area (Å²) in [5.74, 6) is 0. The molecule has 0 fully saturated rings. The topological polar surface area (TPSA) is 35.6 Å². The minimum Gasteiger partial charge on any atom is -0.317 e. The van der Waals surface area contributed by atoms with E-state index < -0.39 is 0 Å². The van der Waals surface area contributed by atoms with Gasteiger partial charge in [0, 0.05) is 33.6 Å². The zero-order valence-corrected chi connectivity index (χ0v) is 20.5. The highest BCUT2D eigenvalue weighted by atomic mass is 15.1. The predicted molar refractivity (Wildman–Crippen MR) is 156 cm³/mol. The molecular formula is C34H22N4. The number of benzene rings is 5. The Bertz CT molecular complexity index is 2120. The minimum atomic E-state index is 0.858. The van der Waals surface area contributed by atoms with E-state index in [1.807, 2.05) is 24.4 Å². The summed E-state index contributed by atoms with van der Waals surface area (Å²) in [6, 6.07) is 42.8. The van der Waals surface area contributed by atoms with Crippen LogP contribution in [-0.2, 0) is 0 Å². The highest BCUT2D eigenvalue weighted by molar-refractivity contribution is 6.18. The lowest BCUT2D eigenvalue weighted by Gasteiger charge is -2.10. The van der Waals surface area contributed by atoms with E-state index >= 15 is 0 Å². The van der Waals surface area contributed by atoms with Crippen molar-refractivity contribution in [1.29, 1.82) is 0 Å². The maximum Gasteiger partial charge on any atom is 0.0950 e. The van der Waals surface area contributed by atoms with Crippen molar-refractivity contribution in [3.63, 3.8) is 0 Å². The van der Waals surface area contributed by atoms with Gasteiger partial charge in [-0.3, -0.25) is 0 Å². The van der Waals surface area contributed by atoms with Gasteiger partial charge in [-0.1, -0.05) is 72.8 Å². The van der Waals surface area contributed by atoms with Crippen LogP contribution in [-0.4, -0.2) is 19.3 Å². The van der Waals surface area contributed by atoms with E-state index in [2.05, 4.69) is 129 Å². The Balaban J connectivity index is 1.43. The van der Waals surface area contributed by atoms with E-state index in [9.17, 15) is 0 Å². The zero-order chi connectivity index (χ0) is 25.1. The van der Waals surface area contributed by atoms with Crippen molar-refractivity contribution in [2.24, 2.45) is 0 Å². The number of nitrogens with zero attached hydrogens (tertiary/aromatic N) is 4. The molecule has 0 aliphatic carbocycles. The Hall–Kier alpha value is -5.22. The van der Waals surface area contributed by atoms with Crippen LogP contribution in [0.5, 0.6) is 0 Å². The van der Waals surface area contributed by atoms with Gasteiger partial charge >= 0.3 is 0 Å². The lowest BCUT2D eigenvalue weighted by atomic mass is 10.0. The fourth-order valence-electron chi connectivity index (χ4n) is 5.73. The summed E-state index contributed by atoms with van der Waals surface area (Å²) >= 11 is 0. The SMILES string of the molecule is c1ccc(-c2cc(-n3c4ccccc4c4cc5ccc6c(ccn6-c6ccccc6)c5cc43)cnn2)cc1. The highest BCUT2D eigenvalue weighted by Gasteiger charge is 2.16. The summed E-state index contributed by atoms with van der Waals surface area (Å²) in [4.78, 5) is 0. The molecular weight excluding hydrogens is 464 g/mol. The number of para-hydroxylation sites is 2. The van der Waals surface area contributed by atoms with Gasteiger partial charge in [0.1, 0.15) is 0 Å². The van der Waals surface area contributed by atoms with Crippen LogP contribution in [0.1, 0.15) is 0 Å². The van der Waals surface area contributed by atoms with Gasteiger partial charge in [-0.15, -0.1) is 0 Å². The smallest absolute Gasteiger partial charge is 0.0950 e. The number of aromatic nitrogens is 4. The highest BCUT2D eigenvalue weighted by Crippen LogP contribution is 2.37. The van der Waals surface area contributed by atoms with Gasteiger partial charge in [-0.2, -0.15) is 10.2 Å². The number of rotatable bonds is 3. The molecule has 38 heavy (non-hydrogen) atoms. The summed E-state index contributed by atoms with van der Waals surface area (Å²) in [7, 11) is 0. The maximum absolute atomic E-state index is 4.44. The molecule has 3 heterocycles. The van der Waals surface area contributed by atoms with E-state index in [0.29, 0.717) is 0 Å². The van der Waals surface area contributed by atoms with Crippen molar-refractivity contribution < 1.29 is 0 Å². The molecule has 8 aromatic rings. The van der Waals surface area contributed by atoms with Gasteiger partial charge in [0.25, 0.3) is 0 Å². The lowest BCUT2D eigenvalue weighted by molar-refractivity contribution is 1.01. The molecule has 178 valence electrons. The van der Waals surface area contributed by atoms with E-state index in [-0.39, 0.29) is 0 Å². The fraction of sp³-hybridized carbons (Fsp3) is 0. The molecule has 0 amide bonds. The molecule has 0 atom stereocenters. The minimum absolute atomic E-state index is 0.858. The Labute approximate surface area is 219 Å². The third-order valence-corrected chi connectivity index (χ3v) is 7.48. The maximum atomic E-state index is 4.44. The zero-order valence-electron chi connectivity index (χ0n) is 20.5. The Morgan fingerprint density at radius 2 is 1.26 bits per heavy atom. The van der Waals surface area contributed by atoms with Crippen molar-refractivity contribution in [1.82, 2.24) is 19.3 Å². The third-order valence-electron chi connectivity index (χ3n) is 7.48. The average Bonchev–Trinajstić information content (AvgIpc) is 3.56. The van der Waals surface area contributed by atoms with Gasteiger partial charge in [0.15, 0.2) is 0 Å². The van der Waals surface area contributed by atoms with Crippen molar-refractivity contribution in [2.45, 2.75) is 0 Å². The van der Waals surface area contributed by atoms with Crippen LogP contribution in [0, 0.1) is 0 Å². The molecule has 0 N–H and O–H groups in total. The first kappa shape index (κ1) is 20.9. The second-order valence-electron chi connectivity index (χ2n) is 9.63. The number of fused-ring (bicyclic) bond motifs is 6. The normalized spacial score (nSPS) is 11.7. The molecule has 0 bridgehead atoms. The van der Waals surface area contributed by atoms with Gasteiger partial charge < -0.3 is 9.13 Å². The quantitative estimate of drug-likeness (QED) is 0.252. The van der Waals surface area contributed by atoms with Crippen molar-refractivity contribution in [3.05, 3.63) is 134 Å². The van der Waals surface area contributed by atoms with Crippen LogP contribution in [0.15, 0.2) is 134 Å². The van der Waals surface area contributed by atoms with Crippen LogP contribution in [0.2, 0.25) is 0 Å². The standard InChI is InChI=1S/C34H22N4/c1-3-9-23(10-4-1)31-20-26(22-35-36-31)38-33-14-8-7-13-27(33)30-19-24-15-16-32-28(29(24)21-34(30)38)17-18-37(32)25-11-5-2-6-12-25/h1-22H. The second-order valence-corrected chi connectivity index (χ2v) is 9.63. The largest absolute Gasteiger partial charge is 0.317 e. The molecule has 4 nitrogen and oxygen atoms in total. The molecule has 0 saturated heterocycles. The molecule has 3 aromatic heterocycles. The molecule has 4 heteroatoms. The van der Waals surface area contributed by atoms with Crippen molar-refractivity contribution in [2.75, 3.05) is 0 Å². The summed E-state index contributed by atoms with van der Waals surface area (Å²) in [6.07, 6.45) is 4.02. The average molecular weight is 487 g/mol. The summed E-state index contributed by atoms with van der Waals surface area (Å²) < 4.78 is 4.58. The fourth-order valence-corrected chi connectivity index (χ4v) is 5.73. The van der Waals surface area contributed by atoms with E-state index in [0.717, 1.165) is 33.7 Å². The monoisotopic (exact) mass is 486 g/mol. The molecule has 0 radical (unpaired) electrons. The van der Waals surface area contributed by atoms with E-state index in [4.69, 9.17) is 0 Å². The van der Waals surface area contributed by atoms with Crippen LogP contribution < -0.4 is 0 Å². The molecule has 0 saturated carbocycles. The first-order chi connectivity index (χ1) is 18.8. The van der Waals surface area contributed by atoms with Crippen molar-refractivity contribution >= 4 is 43.5 Å². The Morgan fingerprint density at radius 1 is 0.500 bits per heavy atom. The number of hydrogen-bond donors (Lipinski definition) is 0. The van der Waals surface area contributed by atoms with Crippen LogP contribution in [0.4, 0.5) is 0 Å². The molecule has 0 spiro atoms. The van der Waals surface area contributed by atoms with Gasteiger partial charge in [-0.05, 0) is 59.3 Å². The van der Waals surface area contributed by atoms with E-state index in [1.165, 1.54) is 32.4 Å². The van der Waals surface area contributed by atoms with Gasteiger partial charge in [-0.25, -0.2) is 0 Å². The second kappa shape index (κ2) is 8.15.